The van der Waals surface area contributed by atoms with Crippen LogP contribution in [0, 0.1) is 6.92 Å². The van der Waals surface area contributed by atoms with Gasteiger partial charge < -0.3 is 20.3 Å². The summed E-state index contributed by atoms with van der Waals surface area (Å²) < 4.78 is 33.7. The number of aromatic amines is 1. The van der Waals surface area contributed by atoms with Crippen LogP contribution in [0.1, 0.15) is 24.0 Å². The van der Waals surface area contributed by atoms with Crippen molar-refractivity contribution in [2.45, 2.75) is 45.1 Å². The molecule has 38 heavy (non-hydrogen) atoms. The second kappa shape index (κ2) is 11.0. The van der Waals surface area contributed by atoms with E-state index in [2.05, 4.69) is 43.8 Å². The molecule has 0 radical (unpaired) electrons. The van der Waals surface area contributed by atoms with E-state index in [-0.39, 0.29) is 5.69 Å². The summed E-state index contributed by atoms with van der Waals surface area (Å²) in [4.78, 5) is 44.1. The van der Waals surface area contributed by atoms with Gasteiger partial charge in [-0.2, -0.15) is 18.2 Å². The first kappa shape index (κ1) is 26.8. The minimum atomic E-state index is -5.08. The summed E-state index contributed by atoms with van der Waals surface area (Å²) in [5, 5.41) is 14.1. The number of halogens is 3. The number of aryl methyl sites for hydroxylation is 1. The summed E-state index contributed by atoms with van der Waals surface area (Å²) in [6, 6.07) is 14.7. The Morgan fingerprint density at radius 3 is 2.47 bits per heavy atom. The van der Waals surface area contributed by atoms with E-state index < -0.39 is 23.4 Å². The SMILES string of the molecule is Cc1cc2nc3c(=O)[nH]c(=O)nc-3n(CCNCc3ccccc3)c2cc1NC1CC1.O=C(O)C(F)(F)F. The van der Waals surface area contributed by atoms with Crippen LogP contribution in [0.3, 0.4) is 0 Å². The largest absolute Gasteiger partial charge is 0.490 e. The molecule has 200 valence electrons. The van der Waals surface area contributed by atoms with Crippen LogP contribution in [-0.4, -0.2) is 49.4 Å². The summed E-state index contributed by atoms with van der Waals surface area (Å²) in [5.41, 5.74) is 3.88. The molecule has 2 heterocycles. The van der Waals surface area contributed by atoms with Crippen molar-refractivity contribution >= 4 is 22.7 Å². The first-order valence-corrected chi connectivity index (χ1v) is 11.8. The molecule has 1 aliphatic carbocycles. The van der Waals surface area contributed by atoms with Crippen LogP contribution in [0.25, 0.3) is 22.6 Å². The number of aromatic nitrogens is 4. The van der Waals surface area contributed by atoms with Crippen LogP contribution >= 0.6 is 0 Å². The molecule has 0 amide bonds. The number of aliphatic carboxylic acids is 1. The molecule has 0 unspecified atom stereocenters. The van der Waals surface area contributed by atoms with Crippen LogP contribution in [0.2, 0.25) is 0 Å². The maximum atomic E-state index is 12.4. The summed E-state index contributed by atoms with van der Waals surface area (Å²) >= 11 is 0. The van der Waals surface area contributed by atoms with Gasteiger partial charge >= 0.3 is 17.8 Å². The Bertz CT molecular complexity index is 1530. The fourth-order valence-electron chi connectivity index (χ4n) is 3.79. The smallest absolute Gasteiger partial charge is 0.475 e. The van der Waals surface area contributed by atoms with Crippen molar-refractivity contribution in [3.05, 3.63) is 74.4 Å². The third-order valence-corrected chi connectivity index (χ3v) is 5.82. The van der Waals surface area contributed by atoms with E-state index in [9.17, 15) is 22.8 Å². The van der Waals surface area contributed by atoms with E-state index in [1.165, 1.54) is 18.4 Å². The number of fused-ring (bicyclic) bond motifs is 2. The highest BCUT2D eigenvalue weighted by Gasteiger charge is 2.38. The summed E-state index contributed by atoms with van der Waals surface area (Å²) in [7, 11) is 0. The van der Waals surface area contributed by atoms with Gasteiger partial charge in [-0.25, -0.2) is 14.6 Å². The van der Waals surface area contributed by atoms with Gasteiger partial charge in [0.25, 0.3) is 5.56 Å². The molecule has 2 aromatic carbocycles. The Morgan fingerprint density at radius 2 is 1.84 bits per heavy atom. The van der Waals surface area contributed by atoms with E-state index in [1.54, 1.807) is 0 Å². The lowest BCUT2D eigenvalue weighted by molar-refractivity contribution is -0.192. The summed E-state index contributed by atoms with van der Waals surface area (Å²) in [6.45, 7) is 3.96. The number of nitrogens with one attached hydrogen (secondary N) is 3. The molecule has 10 nitrogen and oxygen atoms in total. The molecule has 13 heteroatoms. The van der Waals surface area contributed by atoms with E-state index in [0.29, 0.717) is 30.5 Å². The Morgan fingerprint density at radius 1 is 1.16 bits per heavy atom. The molecule has 2 aromatic rings. The number of carbonyl (C=O) groups is 1. The predicted octanol–water partition coefficient (Wildman–Crippen LogP) is 2.89. The van der Waals surface area contributed by atoms with Crippen molar-refractivity contribution in [3.63, 3.8) is 0 Å². The Kier molecular flexibility index (Phi) is 7.76. The van der Waals surface area contributed by atoms with E-state index >= 15 is 0 Å². The third kappa shape index (κ3) is 6.54. The predicted molar refractivity (Wildman–Crippen MR) is 134 cm³/mol. The number of carboxylic acids is 1. The fourth-order valence-corrected chi connectivity index (χ4v) is 3.79. The van der Waals surface area contributed by atoms with E-state index in [1.807, 2.05) is 35.8 Å². The Labute approximate surface area is 213 Å². The lowest BCUT2D eigenvalue weighted by Gasteiger charge is -2.19. The lowest BCUT2D eigenvalue weighted by Crippen LogP contribution is -2.30. The Hall–Kier alpha value is -4.26. The van der Waals surface area contributed by atoms with Gasteiger partial charge in [0, 0.05) is 31.4 Å². The van der Waals surface area contributed by atoms with E-state index in [4.69, 9.17) is 9.90 Å². The second-order valence-electron chi connectivity index (χ2n) is 8.85. The first-order valence-electron chi connectivity index (χ1n) is 11.8. The maximum absolute atomic E-state index is 12.4. The van der Waals surface area contributed by atoms with Crippen LogP contribution < -0.4 is 21.9 Å². The standard InChI is InChI=1S/C23H24N6O2.C2HF3O2/c1-14-11-18-19(12-17(14)25-16-7-8-16)29(10-9-24-13-15-5-3-2-4-6-15)21-20(26-18)22(30)28-23(31)27-21;3-2(4,5)1(6)7/h2-6,11-12,16,24-25H,7-10,13H2,1H3,(H,28,30,31);(H,6,7). The molecule has 1 fully saturated rings. The number of rotatable bonds is 7. The zero-order valence-electron chi connectivity index (χ0n) is 20.3. The first-order chi connectivity index (χ1) is 18.0. The number of hydrogen-bond acceptors (Lipinski definition) is 7. The van der Waals surface area contributed by atoms with Crippen LogP contribution in [0.4, 0.5) is 18.9 Å². The summed E-state index contributed by atoms with van der Waals surface area (Å²) in [6.07, 6.45) is -2.74. The number of H-pyrrole nitrogens is 1. The lowest BCUT2D eigenvalue weighted by atomic mass is 10.1. The molecule has 3 aliphatic rings. The van der Waals surface area contributed by atoms with Gasteiger partial charge in [-0.1, -0.05) is 30.3 Å². The monoisotopic (exact) mass is 530 g/mol. The van der Waals surface area contributed by atoms with Gasteiger partial charge in [-0.15, -0.1) is 0 Å². The molecular formula is C25H25F3N6O4. The molecule has 0 bridgehead atoms. The molecule has 0 aromatic heterocycles. The molecule has 1 saturated carbocycles. The minimum Gasteiger partial charge on any atom is -0.475 e. The number of carboxylic acid groups (broad SMARTS) is 1. The van der Waals surface area contributed by atoms with Crippen LogP contribution in [0.5, 0.6) is 0 Å². The number of hydrogen-bond donors (Lipinski definition) is 4. The average molecular weight is 531 g/mol. The van der Waals surface area contributed by atoms with Crippen molar-refractivity contribution < 1.29 is 23.1 Å². The van der Waals surface area contributed by atoms with Crippen molar-refractivity contribution in [1.82, 2.24) is 24.8 Å². The zero-order chi connectivity index (χ0) is 27.4. The van der Waals surface area contributed by atoms with Crippen LogP contribution in [0.15, 0.2) is 52.1 Å². The minimum absolute atomic E-state index is 0.178. The third-order valence-electron chi connectivity index (χ3n) is 5.82. The summed E-state index contributed by atoms with van der Waals surface area (Å²) in [5.74, 6) is -2.45. The van der Waals surface area contributed by atoms with E-state index in [0.717, 1.165) is 23.3 Å². The van der Waals surface area contributed by atoms with Crippen molar-refractivity contribution in [2.24, 2.45) is 0 Å². The molecule has 4 N–H and O–H groups in total. The van der Waals surface area contributed by atoms with Gasteiger partial charge in [-0.05, 0) is 43.0 Å². The quantitative estimate of drug-likeness (QED) is 0.211. The van der Waals surface area contributed by atoms with Crippen LogP contribution in [-0.2, 0) is 17.9 Å². The molecule has 0 spiro atoms. The zero-order valence-corrected chi connectivity index (χ0v) is 20.3. The molecule has 2 aliphatic heterocycles. The average Bonchev–Trinajstić information content (AvgIpc) is 3.67. The van der Waals surface area contributed by atoms with Crippen molar-refractivity contribution in [2.75, 3.05) is 11.9 Å². The number of benzene rings is 2. The van der Waals surface area contributed by atoms with Crippen molar-refractivity contribution in [1.29, 1.82) is 0 Å². The number of alkyl halides is 3. The number of anilines is 1. The number of nitrogens with zero attached hydrogens (tertiary/aromatic N) is 3. The van der Waals surface area contributed by atoms with Crippen molar-refractivity contribution in [3.8, 4) is 11.5 Å². The Balaban J connectivity index is 0.000000426. The molecule has 5 rings (SSSR count). The highest BCUT2D eigenvalue weighted by molar-refractivity contribution is 5.84. The normalized spacial score (nSPS) is 13.3. The van der Waals surface area contributed by atoms with Gasteiger partial charge in [0.15, 0.2) is 11.5 Å². The molecule has 0 saturated heterocycles. The van der Waals surface area contributed by atoms with Gasteiger partial charge in [-0.3, -0.25) is 9.78 Å². The fraction of sp³-hybridized carbons (Fsp3) is 0.320. The highest BCUT2D eigenvalue weighted by atomic mass is 19.4. The van der Waals surface area contributed by atoms with Gasteiger partial charge in [0.05, 0.1) is 11.0 Å². The highest BCUT2D eigenvalue weighted by Crippen LogP contribution is 2.30. The second-order valence-corrected chi connectivity index (χ2v) is 8.85. The van der Waals surface area contributed by atoms with Gasteiger partial charge in [0.2, 0.25) is 0 Å². The molecular weight excluding hydrogens is 505 g/mol. The topological polar surface area (TPSA) is 142 Å². The van der Waals surface area contributed by atoms with Gasteiger partial charge in [0.1, 0.15) is 0 Å². The maximum Gasteiger partial charge on any atom is 0.490 e. The molecule has 0 atom stereocenters.